The normalized spacial score (nSPS) is 41.9. The molecule has 0 saturated heterocycles. The van der Waals surface area contributed by atoms with Crippen molar-refractivity contribution in [2.24, 2.45) is 58.2 Å². The molecule has 4 fully saturated rings. The molecule has 3 N–H and O–H groups in total. The van der Waals surface area contributed by atoms with Crippen molar-refractivity contribution in [1.82, 2.24) is 0 Å². The summed E-state index contributed by atoms with van der Waals surface area (Å²) in [6, 6.07) is 0. The van der Waals surface area contributed by atoms with Crippen LogP contribution in [0.4, 0.5) is 0 Å². The second-order valence-electron chi connectivity index (χ2n) is 14.4. The zero-order valence-corrected chi connectivity index (χ0v) is 28.1. The Balaban J connectivity index is 1.70. The molecular formula is C28H48O12S3. The quantitative estimate of drug-likeness (QED) is 0.210. The van der Waals surface area contributed by atoms with Gasteiger partial charge in [-0.2, -0.15) is 25.3 Å². The maximum Gasteiger partial charge on any atom is 0.397 e. The second-order valence-corrected chi connectivity index (χ2v) is 17.6. The average molecular weight is 673 g/mol. The van der Waals surface area contributed by atoms with E-state index in [1.807, 2.05) is 6.92 Å². The molecule has 4 rings (SSSR count). The molecule has 0 unspecified atom stereocenters. The molecule has 0 aromatic rings. The molecular weight excluding hydrogens is 624 g/mol. The van der Waals surface area contributed by atoms with E-state index in [0.29, 0.717) is 30.1 Å². The third-order valence-corrected chi connectivity index (χ3v) is 13.3. The van der Waals surface area contributed by atoms with Gasteiger partial charge in [0.2, 0.25) is 0 Å². The van der Waals surface area contributed by atoms with Crippen LogP contribution in [0.25, 0.3) is 0 Å². The summed E-state index contributed by atoms with van der Waals surface area (Å²) in [6.07, 6.45) is 4.10. The summed E-state index contributed by atoms with van der Waals surface area (Å²) in [5.41, 5.74) is -0.863. The van der Waals surface area contributed by atoms with Crippen molar-refractivity contribution in [1.29, 1.82) is 0 Å². The maximum absolute atomic E-state index is 12.0. The first-order valence-corrected chi connectivity index (χ1v) is 19.3. The monoisotopic (exact) mass is 672 g/mol. The Morgan fingerprint density at radius 1 is 0.674 bits per heavy atom. The van der Waals surface area contributed by atoms with E-state index in [-0.39, 0.29) is 36.0 Å². The van der Waals surface area contributed by atoms with Gasteiger partial charge in [0.25, 0.3) is 0 Å². The fourth-order valence-corrected chi connectivity index (χ4v) is 11.2. The van der Waals surface area contributed by atoms with E-state index in [4.69, 9.17) is 12.5 Å². The first kappa shape index (κ1) is 35.2. The molecule has 0 heterocycles. The van der Waals surface area contributed by atoms with Crippen molar-refractivity contribution < 1.29 is 51.5 Å². The highest BCUT2D eigenvalue weighted by atomic mass is 32.3. The molecule has 0 aliphatic heterocycles. The molecule has 4 saturated carbocycles. The number of allylic oxidation sites excluding steroid dienone is 2. The predicted octanol–water partition coefficient (Wildman–Crippen LogP) is 4.91. The molecule has 250 valence electrons. The lowest BCUT2D eigenvalue weighted by Crippen LogP contribution is -2.62. The van der Waals surface area contributed by atoms with Crippen LogP contribution in [0.1, 0.15) is 86.5 Å². The minimum atomic E-state index is -5.07. The molecule has 0 aromatic carbocycles. The van der Waals surface area contributed by atoms with E-state index in [0.717, 1.165) is 25.7 Å². The molecule has 0 aromatic heterocycles. The predicted molar refractivity (Wildman–Crippen MR) is 158 cm³/mol. The van der Waals surface area contributed by atoms with Crippen molar-refractivity contribution in [3.05, 3.63) is 12.2 Å². The van der Waals surface area contributed by atoms with Crippen LogP contribution in [-0.4, -0.2) is 57.2 Å². The third-order valence-electron chi connectivity index (χ3n) is 11.8. The summed E-state index contributed by atoms with van der Waals surface area (Å²) in [4.78, 5) is 0. The summed E-state index contributed by atoms with van der Waals surface area (Å²) >= 11 is 0. The molecule has 15 heteroatoms. The Morgan fingerprint density at radius 2 is 1.21 bits per heavy atom. The highest BCUT2D eigenvalue weighted by molar-refractivity contribution is 7.81. The largest absolute Gasteiger partial charge is 0.397 e. The number of rotatable bonds is 10. The standard InChI is InChI=1S/C28H48O12S3/c1-16(2)17(3)7-8-18(4)20-9-10-21-19-13-24(38-41(29,30)31)23-14-25(39-42(32,33)34)26(40-43(35,36)37)15-28(23,6)22(19)11-12-27(20,21)5/h7-8,16-26H,9-15H2,1-6H3,(H,29,30,31)(H,32,33,34)(H,35,36,37)/b8-7+/t17-,18+,19-,20+,21-,22-,23+,24-,25-,26-,27+,28+/m0/s1. The second kappa shape index (κ2) is 12.2. The Labute approximate surface area is 257 Å². The third kappa shape index (κ3) is 7.67. The topological polar surface area (TPSA) is 191 Å². The zero-order chi connectivity index (χ0) is 32.3. The zero-order valence-electron chi connectivity index (χ0n) is 25.7. The molecule has 12 atom stereocenters. The first-order chi connectivity index (χ1) is 19.5. The molecule has 0 radical (unpaired) electrons. The lowest BCUT2D eigenvalue weighted by atomic mass is 9.43. The summed E-state index contributed by atoms with van der Waals surface area (Å²) in [6.45, 7) is 13.1. The smallest absolute Gasteiger partial charge is 0.264 e. The van der Waals surface area contributed by atoms with E-state index in [2.05, 4.69) is 46.8 Å². The van der Waals surface area contributed by atoms with Gasteiger partial charge in [-0.1, -0.05) is 53.7 Å². The number of hydrogen-bond acceptors (Lipinski definition) is 9. The highest BCUT2D eigenvalue weighted by Crippen LogP contribution is 2.69. The minimum absolute atomic E-state index is 0.0204. The van der Waals surface area contributed by atoms with Gasteiger partial charge in [-0.25, -0.2) is 12.5 Å². The van der Waals surface area contributed by atoms with E-state index >= 15 is 0 Å². The fraction of sp³-hybridized carbons (Fsp3) is 0.929. The van der Waals surface area contributed by atoms with Gasteiger partial charge in [0, 0.05) is 0 Å². The summed E-state index contributed by atoms with van der Waals surface area (Å²) in [7, 11) is -15.0. The molecule has 0 bridgehead atoms. The lowest BCUT2D eigenvalue weighted by Gasteiger charge is -2.63. The molecule has 0 spiro atoms. The summed E-state index contributed by atoms with van der Waals surface area (Å²) in [5, 5.41) is 0. The maximum atomic E-state index is 12.0. The summed E-state index contributed by atoms with van der Waals surface area (Å²) in [5.74, 6) is 1.22. The van der Waals surface area contributed by atoms with Gasteiger partial charge in [-0.3, -0.25) is 13.7 Å². The van der Waals surface area contributed by atoms with Crippen LogP contribution in [0.2, 0.25) is 0 Å². The van der Waals surface area contributed by atoms with Gasteiger partial charge < -0.3 is 0 Å². The number of hydrogen-bond donors (Lipinski definition) is 3. The van der Waals surface area contributed by atoms with Crippen molar-refractivity contribution in [2.75, 3.05) is 0 Å². The minimum Gasteiger partial charge on any atom is -0.264 e. The molecule has 12 nitrogen and oxygen atoms in total. The van der Waals surface area contributed by atoms with Gasteiger partial charge in [0.1, 0.15) is 12.2 Å². The van der Waals surface area contributed by atoms with Gasteiger partial charge in [-0.15, -0.1) is 0 Å². The van der Waals surface area contributed by atoms with Gasteiger partial charge in [0.05, 0.1) is 6.10 Å². The molecule has 4 aliphatic carbocycles. The van der Waals surface area contributed by atoms with Crippen molar-refractivity contribution in [2.45, 2.75) is 105 Å². The van der Waals surface area contributed by atoms with Gasteiger partial charge in [0.15, 0.2) is 0 Å². The highest BCUT2D eigenvalue weighted by Gasteiger charge is 2.65. The molecule has 0 amide bonds. The van der Waals surface area contributed by atoms with Gasteiger partial charge >= 0.3 is 31.2 Å². The Kier molecular flexibility index (Phi) is 9.97. The van der Waals surface area contributed by atoms with Crippen molar-refractivity contribution in [3.63, 3.8) is 0 Å². The van der Waals surface area contributed by atoms with E-state index < -0.39 is 60.8 Å². The van der Waals surface area contributed by atoms with Crippen LogP contribution >= 0.6 is 0 Å². The summed E-state index contributed by atoms with van der Waals surface area (Å²) < 4.78 is 114. The lowest BCUT2D eigenvalue weighted by molar-refractivity contribution is -0.183. The van der Waals surface area contributed by atoms with Crippen molar-refractivity contribution >= 4 is 31.2 Å². The van der Waals surface area contributed by atoms with Crippen LogP contribution < -0.4 is 0 Å². The van der Waals surface area contributed by atoms with Crippen molar-refractivity contribution in [3.8, 4) is 0 Å². The van der Waals surface area contributed by atoms with E-state index in [1.54, 1.807) is 0 Å². The van der Waals surface area contributed by atoms with Crippen LogP contribution in [0.15, 0.2) is 12.2 Å². The van der Waals surface area contributed by atoms with Crippen LogP contribution in [0.5, 0.6) is 0 Å². The number of fused-ring (bicyclic) bond motifs is 5. The molecule has 4 aliphatic rings. The first-order valence-electron chi connectivity index (χ1n) is 15.2. The average Bonchev–Trinajstić information content (AvgIpc) is 3.18. The SMILES string of the molecule is CC(C)[C@@H](C)/C=C/[C@@H](C)[C@H]1CC[C@H]2[C@@H]3C[C@H](OS(=O)(=O)O)[C@H]4C[C@H](OS(=O)(=O)O)[C@@H](OS(=O)(=O)O)C[C@]4(C)[C@H]3CC[C@]12C. The van der Waals surface area contributed by atoms with Crippen LogP contribution in [-0.2, 0) is 43.7 Å². The fourth-order valence-electron chi connectivity index (χ4n) is 9.64. The van der Waals surface area contributed by atoms with Crippen LogP contribution in [0, 0.1) is 58.2 Å². The van der Waals surface area contributed by atoms with E-state index in [9.17, 15) is 38.9 Å². The molecule has 43 heavy (non-hydrogen) atoms. The Hall–Kier alpha value is -0.650. The van der Waals surface area contributed by atoms with Crippen LogP contribution in [0.3, 0.4) is 0 Å². The Morgan fingerprint density at radius 3 is 1.77 bits per heavy atom. The Bertz CT molecular complexity index is 1380. The van der Waals surface area contributed by atoms with Gasteiger partial charge in [-0.05, 0) is 103 Å². The van der Waals surface area contributed by atoms with E-state index in [1.165, 1.54) is 0 Å².